The van der Waals surface area contributed by atoms with Gasteiger partial charge < -0.3 is 34.7 Å². The van der Waals surface area contributed by atoms with E-state index >= 15 is 0 Å². The minimum atomic E-state index is -5.08. The van der Waals surface area contributed by atoms with Crippen LogP contribution < -0.4 is 14.8 Å². The Morgan fingerprint density at radius 3 is 1.75 bits per heavy atom. The summed E-state index contributed by atoms with van der Waals surface area (Å²) < 4.78 is 123. The van der Waals surface area contributed by atoms with Crippen molar-refractivity contribution in [2.24, 2.45) is 0 Å². The molecule has 1 saturated heterocycles. The molecule has 3 heterocycles. The van der Waals surface area contributed by atoms with Crippen LogP contribution in [0, 0.1) is 19.7 Å². The minimum Gasteiger partial charge on any atom is -0.475 e. The standard InChI is InChI=1S/C26H26FN5O2.3C2HF3O2/c1-17-3-8-23(18(2)15-17)34-26-29-14-11-22(31-26)24-25(33-21-6-4-19(27)5-7-21)30-16-32(24)20-9-12-28-13-10-20;3*3-2(4,5)1(6)7/h3-8,11,14-16,20,28H,9-10,12-13H2,1-2H3;3*(H,6,7). The van der Waals surface area contributed by atoms with Crippen LogP contribution in [-0.4, -0.2) is 84.4 Å². The molecule has 0 unspecified atom stereocenters. The number of hydrogen-bond donors (Lipinski definition) is 4. The van der Waals surface area contributed by atoms with Crippen LogP contribution in [0.15, 0.2) is 61.1 Å². The number of aromatic nitrogens is 4. The Balaban J connectivity index is 0.000000408. The summed E-state index contributed by atoms with van der Waals surface area (Å²) in [5.41, 5.74) is 3.55. The van der Waals surface area contributed by atoms with Crippen LogP contribution >= 0.6 is 0 Å². The SMILES string of the molecule is Cc1ccc(Oc2nccc(-c3c(Oc4ccc(F)cc4)ncn3C3CCNCC3)n2)c(C)c1.O=C(O)C(F)(F)F.O=C(O)C(F)(F)F.O=C(O)C(F)(F)F. The van der Waals surface area contributed by atoms with E-state index in [0.717, 1.165) is 42.8 Å². The van der Waals surface area contributed by atoms with Gasteiger partial charge in [0.25, 0.3) is 0 Å². The van der Waals surface area contributed by atoms with E-state index in [9.17, 15) is 43.9 Å². The molecule has 1 fully saturated rings. The molecule has 0 amide bonds. The lowest BCUT2D eigenvalue weighted by Crippen LogP contribution is -2.29. The molecule has 55 heavy (non-hydrogen) atoms. The smallest absolute Gasteiger partial charge is 0.475 e. The van der Waals surface area contributed by atoms with Crippen LogP contribution in [0.4, 0.5) is 43.9 Å². The average Bonchev–Trinajstić information content (AvgIpc) is 3.50. The van der Waals surface area contributed by atoms with Crippen LogP contribution in [0.25, 0.3) is 11.4 Å². The molecule has 0 bridgehead atoms. The number of halogens is 10. The summed E-state index contributed by atoms with van der Waals surface area (Å²) in [5.74, 6) is -6.98. The van der Waals surface area contributed by atoms with E-state index in [0.29, 0.717) is 23.1 Å². The molecule has 1 aliphatic heterocycles. The largest absolute Gasteiger partial charge is 0.490 e. The zero-order chi connectivity index (χ0) is 41.7. The van der Waals surface area contributed by atoms with Crippen molar-refractivity contribution < 1.29 is 83.1 Å². The van der Waals surface area contributed by atoms with Gasteiger partial charge in [-0.1, -0.05) is 17.7 Å². The van der Waals surface area contributed by atoms with Crippen LogP contribution in [0.5, 0.6) is 23.4 Å². The monoisotopic (exact) mass is 801 g/mol. The third-order valence-corrected chi connectivity index (χ3v) is 6.63. The normalized spacial score (nSPS) is 13.1. The van der Waals surface area contributed by atoms with E-state index in [1.54, 1.807) is 24.7 Å². The Kier molecular flexibility index (Phi) is 15.9. The highest BCUT2D eigenvalue weighted by Gasteiger charge is 2.39. The van der Waals surface area contributed by atoms with Gasteiger partial charge in [0.2, 0.25) is 5.88 Å². The van der Waals surface area contributed by atoms with Crippen molar-refractivity contribution >= 4 is 17.9 Å². The molecule has 0 saturated carbocycles. The minimum absolute atomic E-state index is 0.246. The summed E-state index contributed by atoms with van der Waals surface area (Å²) in [4.78, 5) is 40.3. The number of nitrogens with one attached hydrogen (secondary N) is 1. The van der Waals surface area contributed by atoms with Gasteiger partial charge in [0.1, 0.15) is 23.0 Å². The van der Waals surface area contributed by atoms with Gasteiger partial charge in [-0.05, 0) is 81.7 Å². The van der Waals surface area contributed by atoms with Gasteiger partial charge in [-0.3, -0.25) is 0 Å². The first-order valence-corrected chi connectivity index (χ1v) is 15.1. The van der Waals surface area contributed by atoms with Crippen LogP contribution in [-0.2, 0) is 14.4 Å². The van der Waals surface area contributed by atoms with E-state index in [2.05, 4.69) is 25.9 Å². The predicted octanol–water partition coefficient (Wildman–Crippen LogP) is 7.51. The zero-order valence-electron chi connectivity index (χ0n) is 28.1. The lowest BCUT2D eigenvalue weighted by atomic mass is 10.1. The molecule has 4 N–H and O–H groups in total. The lowest BCUT2D eigenvalue weighted by Gasteiger charge is -2.25. The Morgan fingerprint density at radius 1 is 0.764 bits per heavy atom. The maximum atomic E-state index is 13.4. The molecular weight excluding hydrogens is 772 g/mol. The number of nitrogens with zero attached hydrogens (tertiary/aromatic N) is 4. The molecule has 2 aromatic heterocycles. The molecule has 23 heteroatoms. The first kappa shape index (κ1) is 45.2. The lowest BCUT2D eigenvalue weighted by molar-refractivity contribution is -0.193. The Hall–Kier alpha value is -6.00. The summed E-state index contributed by atoms with van der Waals surface area (Å²) in [6.45, 7) is 5.90. The van der Waals surface area contributed by atoms with E-state index < -0.39 is 36.4 Å². The Morgan fingerprint density at radius 2 is 1.27 bits per heavy atom. The molecule has 1 aliphatic rings. The third-order valence-electron chi connectivity index (χ3n) is 6.63. The number of aliphatic carboxylic acids is 3. The molecule has 0 spiro atoms. The molecule has 0 radical (unpaired) electrons. The van der Waals surface area contributed by atoms with Crippen molar-refractivity contribution in [1.82, 2.24) is 24.8 Å². The first-order chi connectivity index (χ1) is 25.4. The highest BCUT2D eigenvalue weighted by molar-refractivity contribution is 5.73. The second-order valence-corrected chi connectivity index (χ2v) is 10.8. The number of carboxylic acid groups (broad SMARTS) is 3. The Labute approximate surface area is 303 Å². The number of aryl methyl sites for hydroxylation is 2. The summed E-state index contributed by atoms with van der Waals surface area (Å²) >= 11 is 0. The van der Waals surface area contributed by atoms with Crippen LogP contribution in [0.3, 0.4) is 0 Å². The number of carbonyl (C=O) groups is 3. The number of ether oxygens (including phenoxy) is 2. The first-order valence-electron chi connectivity index (χ1n) is 15.1. The van der Waals surface area contributed by atoms with Gasteiger partial charge in [-0.25, -0.2) is 28.7 Å². The van der Waals surface area contributed by atoms with Crippen molar-refractivity contribution in [3.63, 3.8) is 0 Å². The van der Waals surface area contributed by atoms with Crippen LogP contribution in [0.2, 0.25) is 0 Å². The average molecular weight is 802 g/mol. The van der Waals surface area contributed by atoms with Gasteiger partial charge >= 0.3 is 42.4 Å². The van der Waals surface area contributed by atoms with Gasteiger partial charge in [0.15, 0.2) is 0 Å². The van der Waals surface area contributed by atoms with Crippen molar-refractivity contribution in [1.29, 1.82) is 0 Å². The molecule has 0 aliphatic carbocycles. The van der Waals surface area contributed by atoms with Gasteiger partial charge in [-0.15, -0.1) is 0 Å². The molecule has 0 atom stereocenters. The summed E-state index contributed by atoms with van der Waals surface area (Å²) in [6.07, 6.45) is -9.85. The zero-order valence-corrected chi connectivity index (χ0v) is 28.1. The fraction of sp³-hybridized carbons (Fsp3) is 0.312. The summed E-state index contributed by atoms with van der Waals surface area (Å²) in [6, 6.07) is 14.2. The van der Waals surface area contributed by atoms with E-state index in [1.165, 1.54) is 12.1 Å². The number of benzene rings is 2. The molecular formula is C32H29F10N5O8. The van der Waals surface area contributed by atoms with Gasteiger partial charge in [0, 0.05) is 12.2 Å². The second kappa shape index (κ2) is 19.4. The van der Waals surface area contributed by atoms with Crippen molar-refractivity contribution in [3.05, 3.63) is 78.0 Å². The van der Waals surface area contributed by atoms with Crippen molar-refractivity contribution in [3.8, 4) is 34.8 Å². The maximum absolute atomic E-state index is 13.4. The summed E-state index contributed by atoms with van der Waals surface area (Å²) in [5, 5.41) is 24.8. The van der Waals surface area contributed by atoms with E-state index in [4.69, 9.17) is 44.2 Å². The Bertz CT molecular complexity index is 1840. The number of rotatable bonds is 6. The summed E-state index contributed by atoms with van der Waals surface area (Å²) in [7, 11) is 0. The second-order valence-electron chi connectivity index (χ2n) is 10.8. The van der Waals surface area contributed by atoms with Gasteiger partial charge in [0.05, 0.1) is 12.0 Å². The molecule has 300 valence electrons. The number of alkyl halides is 9. The van der Waals surface area contributed by atoms with Crippen molar-refractivity contribution in [2.75, 3.05) is 13.1 Å². The third kappa shape index (κ3) is 15.1. The van der Waals surface area contributed by atoms with E-state index in [-0.39, 0.29) is 17.9 Å². The fourth-order valence-corrected chi connectivity index (χ4v) is 4.17. The highest BCUT2D eigenvalue weighted by Crippen LogP contribution is 2.36. The number of imidazole rings is 1. The molecule has 13 nitrogen and oxygen atoms in total. The predicted molar refractivity (Wildman–Crippen MR) is 168 cm³/mol. The fourth-order valence-electron chi connectivity index (χ4n) is 4.17. The maximum Gasteiger partial charge on any atom is 0.490 e. The van der Waals surface area contributed by atoms with Crippen molar-refractivity contribution in [2.45, 2.75) is 51.3 Å². The topological polar surface area (TPSA) is 186 Å². The van der Waals surface area contributed by atoms with E-state index in [1.807, 2.05) is 32.0 Å². The molecule has 4 aromatic rings. The van der Waals surface area contributed by atoms with Crippen LogP contribution in [0.1, 0.15) is 30.0 Å². The molecule has 5 rings (SSSR count). The highest BCUT2D eigenvalue weighted by atomic mass is 19.4. The number of carboxylic acids is 3. The molecule has 2 aromatic carbocycles. The quantitative estimate of drug-likeness (QED) is 0.141. The van der Waals surface area contributed by atoms with Gasteiger partial charge in [-0.2, -0.15) is 44.5 Å². The number of piperidine rings is 1. The number of hydrogen-bond acceptors (Lipinski definition) is 9.